The van der Waals surface area contributed by atoms with E-state index in [0.29, 0.717) is 6.54 Å². The average molecular weight is 488 g/mol. The van der Waals surface area contributed by atoms with Crippen LogP contribution >= 0.6 is 35.3 Å². The number of guanidine groups is 1. The van der Waals surface area contributed by atoms with Gasteiger partial charge >= 0.3 is 0 Å². The molecule has 0 amide bonds. The molecular formula is C19H29IN4OS. The van der Waals surface area contributed by atoms with Gasteiger partial charge in [0.1, 0.15) is 11.9 Å². The number of halogens is 1. The molecule has 0 aliphatic rings. The van der Waals surface area contributed by atoms with Crippen molar-refractivity contribution in [2.75, 3.05) is 20.1 Å². The molecule has 0 fully saturated rings. The first-order chi connectivity index (χ1) is 12.0. The van der Waals surface area contributed by atoms with E-state index in [2.05, 4.69) is 40.5 Å². The highest BCUT2D eigenvalue weighted by molar-refractivity contribution is 14.0. The Labute approximate surface area is 177 Å². The fourth-order valence-electron chi connectivity index (χ4n) is 2.52. The van der Waals surface area contributed by atoms with E-state index in [0.717, 1.165) is 35.4 Å². The van der Waals surface area contributed by atoms with Gasteiger partial charge in [0, 0.05) is 24.9 Å². The predicted molar refractivity (Wildman–Crippen MR) is 121 cm³/mol. The van der Waals surface area contributed by atoms with Gasteiger partial charge in [0.05, 0.1) is 17.2 Å². The third kappa shape index (κ3) is 7.49. The van der Waals surface area contributed by atoms with Gasteiger partial charge in [0.2, 0.25) is 0 Å². The first kappa shape index (κ1) is 22.7. The molecular weight excluding hydrogens is 459 g/mol. The molecule has 0 saturated carbocycles. The van der Waals surface area contributed by atoms with Crippen LogP contribution in [0, 0.1) is 20.8 Å². The van der Waals surface area contributed by atoms with Crippen LogP contribution in [-0.4, -0.2) is 37.2 Å². The maximum Gasteiger partial charge on any atom is 0.191 e. The van der Waals surface area contributed by atoms with E-state index in [4.69, 9.17) is 4.74 Å². The van der Waals surface area contributed by atoms with E-state index < -0.39 is 0 Å². The Morgan fingerprint density at radius 2 is 2.04 bits per heavy atom. The predicted octanol–water partition coefficient (Wildman–Crippen LogP) is 3.86. The summed E-state index contributed by atoms with van der Waals surface area (Å²) in [6, 6.07) is 8.10. The molecule has 0 aliphatic carbocycles. The summed E-state index contributed by atoms with van der Waals surface area (Å²) < 4.78 is 5.93. The first-order valence-electron chi connectivity index (χ1n) is 8.58. The lowest BCUT2D eigenvalue weighted by Crippen LogP contribution is -2.42. The van der Waals surface area contributed by atoms with Crippen molar-refractivity contribution in [3.05, 3.63) is 45.4 Å². The van der Waals surface area contributed by atoms with Crippen LogP contribution in [-0.2, 0) is 6.42 Å². The largest absolute Gasteiger partial charge is 0.489 e. The molecule has 5 nitrogen and oxygen atoms in total. The van der Waals surface area contributed by atoms with Crippen molar-refractivity contribution in [1.29, 1.82) is 0 Å². The van der Waals surface area contributed by atoms with Crippen LogP contribution in [0.5, 0.6) is 5.75 Å². The van der Waals surface area contributed by atoms with Crippen molar-refractivity contribution < 1.29 is 4.74 Å². The van der Waals surface area contributed by atoms with Crippen LogP contribution in [0.1, 0.15) is 28.1 Å². The van der Waals surface area contributed by atoms with Crippen molar-refractivity contribution >= 4 is 41.3 Å². The topological polar surface area (TPSA) is 58.5 Å². The fourth-order valence-corrected chi connectivity index (χ4v) is 3.46. The zero-order valence-electron chi connectivity index (χ0n) is 16.1. The monoisotopic (exact) mass is 488 g/mol. The van der Waals surface area contributed by atoms with Crippen LogP contribution in [0.15, 0.2) is 29.3 Å². The Kier molecular flexibility index (Phi) is 9.93. The van der Waals surface area contributed by atoms with Gasteiger partial charge in [-0.3, -0.25) is 4.99 Å². The molecule has 1 aromatic heterocycles. The summed E-state index contributed by atoms with van der Waals surface area (Å²) in [6.45, 7) is 9.74. The van der Waals surface area contributed by atoms with Crippen LogP contribution in [0.4, 0.5) is 0 Å². The summed E-state index contributed by atoms with van der Waals surface area (Å²) in [6.07, 6.45) is 1.000. The number of nitrogens with zero attached hydrogens (tertiary/aromatic N) is 2. The number of hydrogen-bond donors (Lipinski definition) is 2. The number of aryl methyl sites for hydroxylation is 3. The van der Waals surface area contributed by atoms with Gasteiger partial charge in [-0.1, -0.05) is 12.1 Å². The number of hydrogen-bond acceptors (Lipinski definition) is 4. The molecule has 7 heteroatoms. The zero-order valence-corrected chi connectivity index (χ0v) is 19.3. The summed E-state index contributed by atoms with van der Waals surface area (Å²) in [5.41, 5.74) is 2.33. The maximum atomic E-state index is 5.93. The van der Waals surface area contributed by atoms with E-state index >= 15 is 0 Å². The highest BCUT2D eigenvalue weighted by atomic mass is 127. The average Bonchev–Trinajstić information content (AvgIpc) is 2.88. The number of aliphatic imine (C=N–C) groups is 1. The lowest BCUT2D eigenvalue weighted by atomic mass is 10.2. The molecule has 0 saturated heterocycles. The quantitative estimate of drug-likeness (QED) is 0.353. The second-order valence-corrected chi connectivity index (χ2v) is 7.40. The van der Waals surface area contributed by atoms with Gasteiger partial charge < -0.3 is 15.4 Å². The van der Waals surface area contributed by atoms with E-state index in [1.807, 2.05) is 32.0 Å². The Bertz CT molecular complexity index is 717. The lowest BCUT2D eigenvalue weighted by molar-refractivity contribution is 0.223. The SMILES string of the molecule is CN=C(NCCc1sc(C)nc1C)NCC(C)Oc1cccc(C)c1.I. The zero-order chi connectivity index (χ0) is 18.2. The van der Waals surface area contributed by atoms with Gasteiger partial charge in [-0.2, -0.15) is 0 Å². The second kappa shape index (κ2) is 11.4. The maximum absolute atomic E-state index is 5.93. The van der Waals surface area contributed by atoms with Crippen molar-refractivity contribution in [2.24, 2.45) is 4.99 Å². The number of thiazole rings is 1. The smallest absolute Gasteiger partial charge is 0.191 e. The van der Waals surface area contributed by atoms with Gasteiger partial charge in [0.15, 0.2) is 5.96 Å². The highest BCUT2D eigenvalue weighted by Crippen LogP contribution is 2.17. The molecule has 2 N–H and O–H groups in total. The third-order valence-corrected chi connectivity index (χ3v) is 4.88. The normalized spacial score (nSPS) is 12.3. The number of aromatic nitrogens is 1. The Hall–Kier alpha value is -1.35. The Balaban J connectivity index is 0.00000338. The summed E-state index contributed by atoms with van der Waals surface area (Å²) in [5.74, 6) is 1.69. The number of nitrogens with one attached hydrogen (secondary N) is 2. The van der Waals surface area contributed by atoms with E-state index in [1.165, 1.54) is 10.4 Å². The van der Waals surface area contributed by atoms with Gasteiger partial charge in [-0.05, 0) is 45.4 Å². The Morgan fingerprint density at radius 3 is 2.65 bits per heavy atom. The number of ether oxygens (including phenoxy) is 1. The van der Waals surface area contributed by atoms with Crippen LogP contribution in [0.2, 0.25) is 0 Å². The van der Waals surface area contributed by atoms with Crippen LogP contribution < -0.4 is 15.4 Å². The summed E-state index contributed by atoms with van der Waals surface area (Å²) in [4.78, 5) is 10.1. The van der Waals surface area contributed by atoms with Crippen molar-refractivity contribution in [1.82, 2.24) is 15.6 Å². The minimum absolute atomic E-state index is 0. The van der Waals surface area contributed by atoms with E-state index in [9.17, 15) is 0 Å². The first-order valence-corrected chi connectivity index (χ1v) is 9.40. The van der Waals surface area contributed by atoms with Crippen LogP contribution in [0.25, 0.3) is 0 Å². The Morgan fingerprint density at radius 1 is 1.27 bits per heavy atom. The molecule has 0 radical (unpaired) electrons. The minimum Gasteiger partial charge on any atom is -0.489 e. The van der Waals surface area contributed by atoms with E-state index in [1.54, 1.807) is 18.4 Å². The third-order valence-electron chi connectivity index (χ3n) is 3.75. The molecule has 0 spiro atoms. The molecule has 0 aliphatic heterocycles. The molecule has 1 heterocycles. The molecule has 2 rings (SSSR count). The van der Waals surface area contributed by atoms with E-state index in [-0.39, 0.29) is 30.1 Å². The molecule has 144 valence electrons. The molecule has 0 bridgehead atoms. The summed E-state index contributed by atoms with van der Waals surface area (Å²) >= 11 is 1.76. The van der Waals surface area contributed by atoms with Crippen LogP contribution in [0.3, 0.4) is 0 Å². The standard InChI is InChI=1S/C19H28N4OS.HI/c1-13-7-6-8-17(11-13)24-14(2)12-22-19(20-5)21-10-9-18-15(3)23-16(4)25-18;/h6-8,11,14H,9-10,12H2,1-5H3,(H2,20,21,22);1H. The number of rotatable bonds is 7. The molecule has 26 heavy (non-hydrogen) atoms. The highest BCUT2D eigenvalue weighted by Gasteiger charge is 2.07. The van der Waals surface area contributed by atoms with Crippen molar-refractivity contribution in [2.45, 2.75) is 40.2 Å². The fraction of sp³-hybridized carbons (Fsp3) is 0.474. The van der Waals surface area contributed by atoms with Crippen molar-refractivity contribution in [3.63, 3.8) is 0 Å². The summed E-state index contributed by atoms with van der Waals surface area (Å²) in [5, 5.41) is 7.78. The van der Waals surface area contributed by atoms with Crippen molar-refractivity contribution in [3.8, 4) is 5.75 Å². The summed E-state index contributed by atoms with van der Waals surface area (Å²) in [7, 11) is 1.78. The van der Waals surface area contributed by atoms with Gasteiger partial charge in [-0.15, -0.1) is 35.3 Å². The lowest BCUT2D eigenvalue weighted by Gasteiger charge is -2.18. The van der Waals surface area contributed by atoms with Gasteiger partial charge in [-0.25, -0.2) is 4.98 Å². The molecule has 1 atom stereocenters. The number of benzene rings is 1. The molecule has 1 aromatic carbocycles. The van der Waals surface area contributed by atoms with Gasteiger partial charge in [0.25, 0.3) is 0 Å². The molecule has 1 unspecified atom stereocenters. The minimum atomic E-state index is 0. The second-order valence-electron chi connectivity index (χ2n) is 6.12. The molecule has 2 aromatic rings.